The van der Waals surface area contributed by atoms with E-state index < -0.39 is 0 Å². The van der Waals surface area contributed by atoms with Gasteiger partial charge in [-0.1, -0.05) is 52.3 Å². The summed E-state index contributed by atoms with van der Waals surface area (Å²) in [6.07, 6.45) is 0. The van der Waals surface area contributed by atoms with Gasteiger partial charge in [0.2, 0.25) is 0 Å². The zero-order valence-electron chi connectivity index (χ0n) is 11.0. The smallest absolute Gasteiger partial charge is 0.0647 e. The highest BCUT2D eigenvalue weighted by molar-refractivity contribution is 9.10. The number of thiophene rings is 1. The minimum absolute atomic E-state index is 1.17. The fourth-order valence-electron chi connectivity index (χ4n) is 3.15. The summed E-state index contributed by atoms with van der Waals surface area (Å²) >= 11 is 5.64. The number of hydrogen-bond donors (Lipinski definition) is 1. The maximum absolute atomic E-state index is 3.78. The Kier molecular flexibility index (Phi) is 2.29. The monoisotopic (exact) mass is 351 g/mol. The molecule has 3 aromatic carbocycles. The average Bonchev–Trinajstić information content (AvgIpc) is 3.06. The molecule has 0 amide bonds. The summed E-state index contributed by atoms with van der Waals surface area (Å²) in [7, 11) is 0. The molecule has 100 valence electrons. The number of hydrogen-bond acceptors (Lipinski definition) is 1. The van der Waals surface area contributed by atoms with Gasteiger partial charge in [0, 0.05) is 36.2 Å². The van der Waals surface area contributed by atoms with Gasteiger partial charge in [0.05, 0.1) is 10.2 Å². The van der Waals surface area contributed by atoms with E-state index in [4.69, 9.17) is 0 Å². The van der Waals surface area contributed by atoms with Gasteiger partial charge in [-0.2, -0.15) is 0 Å². The maximum atomic E-state index is 3.78. The number of H-pyrrole nitrogens is 1. The average molecular weight is 352 g/mol. The molecule has 5 rings (SSSR count). The topological polar surface area (TPSA) is 15.8 Å². The molecule has 0 aliphatic rings. The normalized spacial score (nSPS) is 12.0. The molecule has 1 nitrogen and oxygen atoms in total. The highest BCUT2D eigenvalue weighted by Crippen LogP contribution is 2.43. The first-order chi connectivity index (χ1) is 10.3. The highest BCUT2D eigenvalue weighted by Gasteiger charge is 2.14. The Hall–Kier alpha value is -1.84. The van der Waals surface area contributed by atoms with Crippen molar-refractivity contribution < 1.29 is 0 Å². The molecule has 0 aliphatic heterocycles. The van der Waals surface area contributed by atoms with Crippen LogP contribution in [0.5, 0.6) is 0 Å². The Balaban J connectivity index is 2.14. The third-order valence-corrected chi connectivity index (χ3v) is 5.89. The van der Waals surface area contributed by atoms with Gasteiger partial charge in [0.15, 0.2) is 0 Å². The standard InChI is InChI=1S/C18H10BrNS/c19-13-9-12-10-5-1-3-7-14(10)20-17(12)18-16(13)11-6-2-4-8-15(11)21-18/h1-9,20H. The summed E-state index contributed by atoms with van der Waals surface area (Å²) in [6.45, 7) is 0. The van der Waals surface area contributed by atoms with Crippen LogP contribution in [0.15, 0.2) is 59.1 Å². The van der Waals surface area contributed by atoms with E-state index >= 15 is 0 Å². The van der Waals surface area contributed by atoms with Gasteiger partial charge < -0.3 is 4.98 Å². The van der Waals surface area contributed by atoms with Gasteiger partial charge in [-0.3, -0.25) is 0 Å². The van der Waals surface area contributed by atoms with Gasteiger partial charge in [-0.15, -0.1) is 11.3 Å². The molecule has 0 saturated carbocycles. The molecule has 0 atom stereocenters. The van der Waals surface area contributed by atoms with Crippen LogP contribution in [0.25, 0.3) is 42.0 Å². The third kappa shape index (κ3) is 1.50. The largest absolute Gasteiger partial charge is 0.353 e. The van der Waals surface area contributed by atoms with Crippen LogP contribution in [0.1, 0.15) is 0 Å². The SMILES string of the molecule is Brc1cc2c3ccccc3[nH]c2c2sc3ccccc3c12. The molecule has 3 heteroatoms. The van der Waals surface area contributed by atoms with Crippen LogP contribution in [-0.2, 0) is 0 Å². The highest BCUT2D eigenvalue weighted by atomic mass is 79.9. The number of aromatic nitrogens is 1. The molecule has 0 aliphatic carbocycles. The molecule has 0 saturated heterocycles. The zero-order valence-corrected chi connectivity index (χ0v) is 13.4. The van der Waals surface area contributed by atoms with Crippen LogP contribution >= 0.6 is 27.3 Å². The lowest BCUT2D eigenvalue weighted by Gasteiger charge is -1.98. The van der Waals surface area contributed by atoms with Crippen molar-refractivity contribution in [2.75, 3.05) is 0 Å². The number of halogens is 1. The summed E-state index contributed by atoms with van der Waals surface area (Å²) in [5.74, 6) is 0. The van der Waals surface area contributed by atoms with Crippen molar-refractivity contribution in [2.24, 2.45) is 0 Å². The van der Waals surface area contributed by atoms with Crippen molar-refractivity contribution in [1.29, 1.82) is 0 Å². The predicted molar refractivity (Wildman–Crippen MR) is 96.4 cm³/mol. The Labute approximate surface area is 133 Å². The van der Waals surface area contributed by atoms with E-state index in [1.165, 1.54) is 46.5 Å². The van der Waals surface area contributed by atoms with Crippen molar-refractivity contribution in [1.82, 2.24) is 4.98 Å². The lowest BCUT2D eigenvalue weighted by Crippen LogP contribution is -1.73. The van der Waals surface area contributed by atoms with E-state index in [1.807, 2.05) is 11.3 Å². The van der Waals surface area contributed by atoms with E-state index in [2.05, 4.69) is 75.5 Å². The third-order valence-electron chi connectivity index (χ3n) is 4.08. The van der Waals surface area contributed by atoms with Gasteiger partial charge in [0.1, 0.15) is 0 Å². The van der Waals surface area contributed by atoms with Crippen molar-refractivity contribution in [3.8, 4) is 0 Å². The summed E-state index contributed by atoms with van der Waals surface area (Å²) in [6, 6.07) is 19.4. The van der Waals surface area contributed by atoms with Crippen molar-refractivity contribution in [3.05, 3.63) is 59.1 Å². The van der Waals surface area contributed by atoms with Gasteiger partial charge in [-0.05, 0) is 18.2 Å². The van der Waals surface area contributed by atoms with Crippen molar-refractivity contribution in [2.45, 2.75) is 0 Å². The predicted octanol–water partition coefficient (Wildman–Crippen LogP) is 6.45. The van der Waals surface area contributed by atoms with E-state index in [9.17, 15) is 0 Å². The Bertz CT molecular complexity index is 1150. The second kappa shape index (κ2) is 4.09. The maximum Gasteiger partial charge on any atom is 0.0647 e. The number of benzene rings is 3. The number of fused-ring (bicyclic) bond motifs is 7. The van der Waals surface area contributed by atoms with Crippen LogP contribution in [0, 0.1) is 0 Å². The second-order valence-electron chi connectivity index (χ2n) is 5.25. The molecule has 0 bridgehead atoms. The van der Waals surface area contributed by atoms with Crippen molar-refractivity contribution >= 4 is 69.2 Å². The molecule has 1 N–H and O–H groups in total. The molecule has 2 aromatic heterocycles. The Morgan fingerprint density at radius 3 is 2.52 bits per heavy atom. The molecule has 0 radical (unpaired) electrons. The molecule has 2 heterocycles. The lowest BCUT2D eigenvalue weighted by atomic mass is 10.1. The Morgan fingerprint density at radius 1 is 0.857 bits per heavy atom. The van der Waals surface area contributed by atoms with Gasteiger partial charge in [0.25, 0.3) is 0 Å². The van der Waals surface area contributed by atoms with E-state index in [-0.39, 0.29) is 0 Å². The molecule has 5 aromatic rings. The van der Waals surface area contributed by atoms with Crippen LogP contribution in [-0.4, -0.2) is 4.98 Å². The number of nitrogens with one attached hydrogen (secondary N) is 1. The second-order valence-corrected chi connectivity index (χ2v) is 7.16. The minimum atomic E-state index is 1.17. The van der Waals surface area contributed by atoms with Gasteiger partial charge in [-0.25, -0.2) is 0 Å². The van der Waals surface area contributed by atoms with E-state index in [1.54, 1.807) is 0 Å². The van der Waals surface area contributed by atoms with Crippen molar-refractivity contribution in [3.63, 3.8) is 0 Å². The van der Waals surface area contributed by atoms with E-state index in [0.29, 0.717) is 0 Å². The first kappa shape index (κ1) is 11.8. The summed E-state index contributed by atoms with van der Waals surface area (Å²) in [4.78, 5) is 3.60. The molecule has 0 spiro atoms. The number of rotatable bonds is 0. The number of para-hydroxylation sites is 1. The summed E-state index contributed by atoms with van der Waals surface area (Å²) in [5.41, 5.74) is 2.44. The quantitative estimate of drug-likeness (QED) is 0.330. The molecule has 0 fully saturated rings. The summed E-state index contributed by atoms with van der Waals surface area (Å²) in [5, 5.41) is 5.21. The molecular weight excluding hydrogens is 342 g/mol. The molecule has 21 heavy (non-hydrogen) atoms. The van der Waals surface area contributed by atoms with Crippen LogP contribution in [0.4, 0.5) is 0 Å². The fraction of sp³-hybridized carbons (Fsp3) is 0. The molecule has 0 unspecified atom stereocenters. The van der Waals surface area contributed by atoms with Crippen LogP contribution in [0.2, 0.25) is 0 Å². The minimum Gasteiger partial charge on any atom is -0.353 e. The lowest BCUT2D eigenvalue weighted by molar-refractivity contribution is 1.57. The van der Waals surface area contributed by atoms with Crippen LogP contribution < -0.4 is 0 Å². The van der Waals surface area contributed by atoms with Gasteiger partial charge >= 0.3 is 0 Å². The first-order valence-electron chi connectivity index (χ1n) is 6.83. The number of aromatic amines is 1. The Morgan fingerprint density at radius 2 is 1.62 bits per heavy atom. The molecular formula is C18H10BrNS. The van der Waals surface area contributed by atoms with E-state index in [0.717, 1.165) is 0 Å². The van der Waals surface area contributed by atoms with Crippen LogP contribution in [0.3, 0.4) is 0 Å². The first-order valence-corrected chi connectivity index (χ1v) is 8.44. The zero-order chi connectivity index (χ0) is 14.0. The fourth-order valence-corrected chi connectivity index (χ4v) is 5.15. The summed E-state index contributed by atoms with van der Waals surface area (Å²) < 4.78 is 3.84.